The summed E-state index contributed by atoms with van der Waals surface area (Å²) in [4.78, 5) is 11.5. The van der Waals surface area contributed by atoms with Crippen molar-refractivity contribution in [3.63, 3.8) is 0 Å². The minimum absolute atomic E-state index is 0.899. The van der Waals surface area contributed by atoms with Gasteiger partial charge in [-0.05, 0) is 10.6 Å². The van der Waals surface area contributed by atoms with Gasteiger partial charge < -0.3 is 0 Å². The van der Waals surface area contributed by atoms with E-state index in [0.717, 1.165) is 11.2 Å². The molecule has 13 heavy (non-hydrogen) atoms. The molecule has 1 aliphatic heterocycles. The van der Waals surface area contributed by atoms with Crippen LogP contribution in [0.3, 0.4) is 0 Å². The summed E-state index contributed by atoms with van der Waals surface area (Å²) < 4.78 is 1.53. The number of carbonyl (C=O) groups excluding carboxylic acids is 1. The fraction of sp³-hybridized carbons (Fsp3) is 0.500. The van der Waals surface area contributed by atoms with E-state index in [2.05, 4.69) is 12.6 Å². The van der Waals surface area contributed by atoms with Gasteiger partial charge in [0.25, 0.3) is 0 Å². The molecule has 1 aliphatic rings. The van der Waals surface area contributed by atoms with Crippen LogP contribution in [0, 0.1) is 0 Å². The van der Waals surface area contributed by atoms with E-state index in [9.17, 15) is 4.79 Å². The normalized spacial score (nSPS) is 20.4. The summed E-state index contributed by atoms with van der Waals surface area (Å²) in [6.07, 6.45) is 3.77. The predicted octanol–water partition coefficient (Wildman–Crippen LogP) is 2.64. The zero-order chi connectivity index (χ0) is 9.31. The maximum absolute atomic E-state index is 10.6. The molecule has 0 aliphatic carbocycles. The van der Waals surface area contributed by atoms with Gasteiger partial charge >= 0.3 is 0 Å². The summed E-state index contributed by atoms with van der Waals surface area (Å²) in [5, 5.41) is 0. The Balaban J connectivity index is 2.28. The quantitative estimate of drug-likeness (QED) is 0.542. The number of thiophene rings is 1. The second-order valence-corrected chi connectivity index (χ2v) is 10.2. The minimum atomic E-state index is -1.10. The van der Waals surface area contributed by atoms with Gasteiger partial charge in [0.1, 0.15) is 0 Å². The Hall–Kier alpha value is -0.413. The molecule has 2 rings (SSSR count). The molecule has 0 amide bonds. The largest absolute Gasteiger partial charge is 0.297 e. The SMILES string of the molecule is C[Si]1(c2ccc(C=O)s2)CCCC1. The van der Waals surface area contributed by atoms with E-state index in [4.69, 9.17) is 0 Å². The molecule has 0 saturated carbocycles. The van der Waals surface area contributed by atoms with E-state index in [1.807, 2.05) is 6.07 Å². The number of hydrogen-bond donors (Lipinski definition) is 0. The van der Waals surface area contributed by atoms with E-state index < -0.39 is 8.07 Å². The number of hydrogen-bond acceptors (Lipinski definition) is 2. The van der Waals surface area contributed by atoms with E-state index in [0.29, 0.717) is 0 Å². The molecular weight excluding hydrogens is 196 g/mol. The predicted molar refractivity (Wildman–Crippen MR) is 59.8 cm³/mol. The first-order chi connectivity index (χ1) is 6.24. The van der Waals surface area contributed by atoms with Gasteiger partial charge in [-0.1, -0.05) is 37.5 Å². The third kappa shape index (κ3) is 1.63. The second kappa shape index (κ2) is 3.39. The number of rotatable bonds is 2. The van der Waals surface area contributed by atoms with Gasteiger partial charge in [-0.2, -0.15) is 0 Å². The summed E-state index contributed by atoms with van der Waals surface area (Å²) in [5.74, 6) is 0. The van der Waals surface area contributed by atoms with Crippen LogP contribution in [0.25, 0.3) is 0 Å². The Labute approximate surface area is 83.8 Å². The number of carbonyl (C=O) groups is 1. The highest BCUT2D eigenvalue weighted by Gasteiger charge is 2.34. The molecule has 1 aromatic rings. The van der Waals surface area contributed by atoms with Crippen LogP contribution < -0.4 is 4.50 Å². The molecule has 0 N–H and O–H groups in total. The lowest BCUT2D eigenvalue weighted by Crippen LogP contribution is -2.39. The zero-order valence-electron chi connectivity index (χ0n) is 7.88. The van der Waals surface area contributed by atoms with Crippen molar-refractivity contribution in [1.29, 1.82) is 0 Å². The Morgan fingerprint density at radius 3 is 2.62 bits per heavy atom. The Morgan fingerprint density at radius 2 is 2.08 bits per heavy atom. The van der Waals surface area contributed by atoms with Crippen LogP contribution in [-0.4, -0.2) is 14.4 Å². The van der Waals surface area contributed by atoms with Crippen molar-refractivity contribution in [2.45, 2.75) is 31.5 Å². The average Bonchev–Trinajstić information content (AvgIpc) is 2.72. The standard InChI is InChI=1S/C10H14OSSi/c1-13(6-2-3-7-13)10-5-4-9(8-11)12-10/h4-5,8H,2-3,6-7H2,1H3. The maximum atomic E-state index is 10.6. The topological polar surface area (TPSA) is 17.1 Å². The van der Waals surface area contributed by atoms with Gasteiger partial charge in [0.15, 0.2) is 6.29 Å². The molecule has 1 fully saturated rings. The summed E-state index contributed by atoms with van der Waals surface area (Å²) in [5.41, 5.74) is 0. The van der Waals surface area contributed by atoms with Crippen molar-refractivity contribution in [2.75, 3.05) is 0 Å². The van der Waals surface area contributed by atoms with Crippen molar-refractivity contribution in [2.24, 2.45) is 0 Å². The smallest absolute Gasteiger partial charge is 0.159 e. The molecule has 70 valence electrons. The highest BCUT2D eigenvalue weighted by Crippen LogP contribution is 2.31. The van der Waals surface area contributed by atoms with Crippen LogP contribution in [0.4, 0.5) is 0 Å². The molecule has 1 saturated heterocycles. The fourth-order valence-corrected chi connectivity index (χ4v) is 7.96. The fourth-order valence-electron chi connectivity index (χ4n) is 2.14. The monoisotopic (exact) mass is 210 g/mol. The van der Waals surface area contributed by atoms with Crippen molar-refractivity contribution < 1.29 is 4.79 Å². The molecule has 2 heterocycles. The van der Waals surface area contributed by atoms with E-state index in [1.54, 1.807) is 11.3 Å². The number of aldehydes is 1. The van der Waals surface area contributed by atoms with Gasteiger partial charge in [0.2, 0.25) is 0 Å². The average molecular weight is 210 g/mol. The molecule has 1 nitrogen and oxygen atoms in total. The summed E-state index contributed by atoms with van der Waals surface area (Å²) in [6, 6.07) is 7.01. The van der Waals surface area contributed by atoms with Gasteiger partial charge in [-0.3, -0.25) is 4.79 Å². The Bertz CT molecular complexity index is 312. The maximum Gasteiger partial charge on any atom is 0.159 e. The third-order valence-electron chi connectivity index (χ3n) is 3.04. The zero-order valence-corrected chi connectivity index (χ0v) is 9.69. The molecule has 0 atom stereocenters. The lowest BCUT2D eigenvalue weighted by Gasteiger charge is -2.18. The summed E-state index contributed by atoms with van der Waals surface area (Å²) in [6.45, 7) is 2.46. The second-order valence-electron chi connectivity index (χ2n) is 4.09. The van der Waals surface area contributed by atoms with Crippen LogP contribution in [0.15, 0.2) is 12.1 Å². The van der Waals surface area contributed by atoms with Crippen LogP contribution in [-0.2, 0) is 0 Å². The Kier molecular flexibility index (Phi) is 2.38. The Morgan fingerprint density at radius 1 is 1.38 bits per heavy atom. The van der Waals surface area contributed by atoms with Crippen LogP contribution in [0.1, 0.15) is 22.5 Å². The van der Waals surface area contributed by atoms with Crippen LogP contribution >= 0.6 is 11.3 Å². The van der Waals surface area contributed by atoms with Gasteiger partial charge in [0.05, 0.1) is 13.0 Å². The summed E-state index contributed by atoms with van der Waals surface area (Å²) >= 11 is 1.72. The highest BCUT2D eigenvalue weighted by atomic mass is 32.1. The van der Waals surface area contributed by atoms with E-state index >= 15 is 0 Å². The van der Waals surface area contributed by atoms with Crippen LogP contribution in [0.2, 0.25) is 18.6 Å². The van der Waals surface area contributed by atoms with Gasteiger partial charge in [-0.25, -0.2) is 0 Å². The molecule has 0 bridgehead atoms. The van der Waals surface area contributed by atoms with E-state index in [-0.39, 0.29) is 0 Å². The summed E-state index contributed by atoms with van der Waals surface area (Å²) in [7, 11) is -1.10. The lowest BCUT2D eigenvalue weighted by atomic mass is 10.4. The first kappa shape index (κ1) is 9.15. The highest BCUT2D eigenvalue weighted by molar-refractivity contribution is 7.27. The first-order valence-electron chi connectivity index (χ1n) is 4.80. The minimum Gasteiger partial charge on any atom is -0.297 e. The van der Waals surface area contributed by atoms with Crippen molar-refractivity contribution in [1.82, 2.24) is 0 Å². The molecule has 1 aromatic heterocycles. The molecule has 0 radical (unpaired) electrons. The van der Waals surface area contributed by atoms with Gasteiger partial charge in [-0.15, -0.1) is 11.3 Å². The third-order valence-corrected chi connectivity index (χ3v) is 9.92. The molecular formula is C10H14OSSi. The molecule has 3 heteroatoms. The van der Waals surface area contributed by atoms with E-state index in [1.165, 1.54) is 29.4 Å². The first-order valence-corrected chi connectivity index (χ1v) is 8.53. The van der Waals surface area contributed by atoms with Crippen LogP contribution in [0.5, 0.6) is 0 Å². The van der Waals surface area contributed by atoms with Crippen molar-refractivity contribution >= 4 is 30.2 Å². The van der Waals surface area contributed by atoms with Crippen molar-refractivity contribution in [3.8, 4) is 0 Å². The molecule has 0 aromatic carbocycles. The molecule has 0 spiro atoms. The van der Waals surface area contributed by atoms with Gasteiger partial charge in [0, 0.05) is 0 Å². The lowest BCUT2D eigenvalue weighted by molar-refractivity contribution is 0.112. The van der Waals surface area contributed by atoms with Crippen molar-refractivity contribution in [3.05, 3.63) is 17.0 Å². The molecule has 0 unspecified atom stereocenters.